The monoisotopic (exact) mass is 236 g/mol. The van der Waals surface area contributed by atoms with E-state index in [4.69, 9.17) is 9.47 Å². The summed E-state index contributed by atoms with van der Waals surface area (Å²) < 4.78 is 11.3. The first kappa shape index (κ1) is 11.8. The largest absolute Gasteiger partial charge is 0.485 e. The van der Waals surface area contributed by atoms with Gasteiger partial charge in [-0.05, 0) is 31.4 Å². The Labute approximate surface area is 100 Å². The molecule has 1 atom stereocenters. The zero-order valence-electron chi connectivity index (χ0n) is 10.2. The standard InChI is InChI=1S/C13H16O4/c1-4-13(12(14)15)7-16-10-8(2)5-6-9(3)11(10)17-13/h5-6H,4,7H2,1-3H3,(H,14,15). The second-order valence-electron chi connectivity index (χ2n) is 4.40. The molecule has 4 heteroatoms. The molecule has 1 aliphatic rings. The summed E-state index contributed by atoms with van der Waals surface area (Å²) in [5, 5.41) is 9.27. The summed E-state index contributed by atoms with van der Waals surface area (Å²) in [5.41, 5.74) is 0.594. The molecule has 1 aromatic carbocycles. The lowest BCUT2D eigenvalue weighted by Crippen LogP contribution is -2.51. The van der Waals surface area contributed by atoms with Crippen molar-refractivity contribution in [3.05, 3.63) is 23.3 Å². The van der Waals surface area contributed by atoms with E-state index in [0.717, 1.165) is 11.1 Å². The average Bonchev–Trinajstić information content (AvgIpc) is 2.33. The van der Waals surface area contributed by atoms with Gasteiger partial charge in [0.2, 0.25) is 5.60 Å². The number of carboxylic acids is 1. The predicted octanol–water partition coefficient (Wildman–Crippen LogP) is 2.31. The van der Waals surface area contributed by atoms with Crippen molar-refractivity contribution >= 4 is 5.97 Å². The Kier molecular flexibility index (Phi) is 2.73. The van der Waals surface area contributed by atoms with E-state index in [9.17, 15) is 9.90 Å². The van der Waals surface area contributed by atoms with Crippen LogP contribution in [0.5, 0.6) is 11.5 Å². The maximum Gasteiger partial charge on any atom is 0.351 e. The number of hydrogen-bond acceptors (Lipinski definition) is 3. The molecular formula is C13H16O4. The maximum absolute atomic E-state index is 11.3. The Balaban J connectivity index is 2.48. The third kappa shape index (κ3) is 1.73. The van der Waals surface area contributed by atoms with Crippen molar-refractivity contribution in [2.45, 2.75) is 32.8 Å². The summed E-state index contributed by atoms with van der Waals surface area (Å²) in [5.74, 6) is 0.238. The molecule has 0 spiro atoms. The molecule has 0 saturated carbocycles. The SMILES string of the molecule is CCC1(C(=O)O)COc2c(C)ccc(C)c2O1. The highest BCUT2D eigenvalue weighted by Gasteiger charge is 2.44. The lowest BCUT2D eigenvalue weighted by atomic mass is 9.99. The van der Waals surface area contributed by atoms with E-state index in [1.807, 2.05) is 26.0 Å². The second kappa shape index (κ2) is 3.95. The van der Waals surface area contributed by atoms with Crippen LogP contribution < -0.4 is 9.47 Å². The zero-order valence-corrected chi connectivity index (χ0v) is 10.2. The molecule has 0 aliphatic carbocycles. The van der Waals surface area contributed by atoms with Gasteiger partial charge in [-0.1, -0.05) is 19.1 Å². The molecule has 0 aromatic heterocycles. The molecule has 0 amide bonds. The molecule has 0 radical (unpaired) electrons. The molecule has 1 unspecified atom stereocenters. The Morgan fingerprint density at radius 3 is 2.47 bits per heavy atom. The fraction of sp³-hybridized carbons (Fsp3) is 0.462. The maximum atomic E-state index is 11.3. The predicted molar refractivity (Wildman–Crippen MR) is 62.7 cm³/mol. The quantitative estimate of drug-likeness (QED) is 0.856. The number of aryl methyl sites for hydroxylation is 2. The van der Waals surface area contributed by atoms with Crippen molar-refractivity contribution in [3.63, 3.8) is 0 Å². The third-order valence-corrected chi connectivity index (χ3v) is 3.21. The Bertz CT molecular complexity index is 467. The topological polar surface area (TPSA) is 55.8 Å². The van der Waals surface area contributed by atoms with Crippen LogP contribution in [0.2, 0.25) is 0 Å². The van der Waals surface area contributed by atoms with Gasteiger partial charge < -0.3 is 14.6 Å². The van der Waals surface area contributed by atoms with E-state index in [-0.39, 0.29) is 6.61 Å². The van der Waals surface area contributed by atoms with Gasteiger partial charge in [0, 0.05) is 0 Å². The summed E-state index contributed by atoms with van der Waals surface area (Å²) in [6.45, 7) is 5.64. The number of benzene rings is 1. The minimum absolute atomic E-state index is 0.0517. The highest BCUT2D eigenvalue weighted by atomic mass is 16.6. The van der Waals surface area contributed by atoms with E-state index in [1.54, 1.807) is 6.92 Å². The molecule has 0 saturated heterocycles. The van der Waals surface area contributed by atoms with Gasteiger partial charge in [-0.3, -0.25) is 0 Å². The number of aliphatic carboxylic acids is 1. The van der Waals surface area contributed by atoms with E-state index < -0.39 is 11.6 Å². The number of rotatable bonds is 2. The number of hydrogen-bond donors (Lipinski definition) is 1. The summed E-state index contributed by atoms with van der Waals surface area (Å²) in [6.07, 6.45) is 0.370. The highest BCUT2D eigenvalue weighted by molar-refractivity contribution is 5.79. The Hall–Kier alpha value is -1.71. The van der Waals surface area contributed by atoms with Crippen molar-refractivity contribution in [1.82, 2.24) is 0 Å². The Morgan fingerprint density at radius 2 is 1.94 bits per heavy atom. The summed E-state index contributed by atoms with van der Waals surface area (Å²) >= 11 is 0. The normalized spacial score (nSPS) is 22.3. The van der Waals surface area contributed by atoms with Crippen LogP contribution in [0.25, 0.3) is 0 Å². The van der Waals surface area contributed by atoms with Crippen molar-refractivity contribution in [2.24, 2.45) is 0 Å². The fourth-order valence-electron chi connectivity index (χ4n) is 1.91. The first-order valence-corrected chi connectivity index (χ1v) is 5.65. The zero-order chi connectivity index (χ0) is 12.6. The van der Waals surface area contributed by atoms with E-state index in [0.29, 0.717) is 17.9 Å². The van der Waals surface area contributed by atoms with E-state index in [2.05, 4.69) is 0 Å². The molecule has 92 valence electrons. The molecule has 1 N–H and O–H groups in total. The van der Waals surface area contributed by atoms with Crippen LogP contribution in [0.4, 0.5) is 0 Å². The van der Waals surface area contributed by atoms with Crippen LogP contribution in [0.1, 0.15) is 24.5 Å². The van der Waals surface area contributed by atoms with Gasteiger partial charge in [0.25, 0.3) is 0 Å². The first-order chi connectivity index (χ1) is 8.00. The fourth-order valence-corrected chi connectivity index (χ4v) is 1.91. The van der Waals surface area contributed by atoms with Crippen molar-refractivity contribution in [2.75, 3.05) is 6.61 Å². The van der Waals surface area contributed by atoms with Gasteiger partial charge in [0.15, 0.2) is 11.5 Å². The van der Waals surface area contributed by atoms with Crippen molar-refractivity contribution in [1.29, 1.82) is 0 Å². The van der Waals surface area contributed by atoms with E-state index in [1.165, 1.54) is 0 Å². The minimum atomic E-state index is -1.26. The summed E-state index contributed by atoms with van der Waals surface area (Å²) in [4.78, 5) is 11.3. The third-order valence-electron chi connectivity index (χ3n) is 3.21. The molecule has 2 rings (SSSR count). The van der Waals surface area contributed by atoms with Crippen LogP contribution in [0, 0.1) is 13.8 Å². The van der Waals surface area contributed by atoms with E-state index >= 15 is 0 Å². The highest BCUT2D eigenvalue weighted by Crippen LogP contribution is 2.41. The smallest absolute Gasteiger partial charge is 0.351 e. The van der Waals surface area contributed by atoms with Crippen LogP contribution in [-0.4, -0.2) is 23.3 Å². The summed E-state index contributed by atoms with van der Waals surface area (Å²) in [7, 11) is 0. The summed E-state index contributed by atoms with van der Waals surface area (Å²) in [6, 6.07) is 3.85. The Morgan fingerprint density at radius 1 is 1.35 bits per heavy atom. The van der Waals surface area contributed by atoms with Gasteiger partial charge in [-0.2, -0.15) is 0 Å². The number of carbonyl (C=O) groups is 1. The van der Waals surface area contributed by atoms with Gasteiger partial charge in [-0.15, -0.1) is 0 Å². The van der Waals surface area contributed by atoms with Gasteiger partial charge in [0.1, 0.15) is 6.61 Å². The molecule has 0 bridgehead atoms. The van der Waals surface area contributed by atoms with Crippen LogP contribution in [0.15, 0.2) is 12.1 Å². The van der Waals surface area contributed by atoms with Gasteiger partial charge in [0.05, 0.1) is 0 Å². The molecule has 1 heterocycles. The molecular weight excluding hydrogens is 220 g/mol. The molecule has 4 nitrogen and oxygen atoms in total. The van der Waals surface area contributed by atoms with Gasteiger partial charge in [-0.25, -0.2) is 4.79 Å². The number of ether oxygens (including phenoxy) is 2. The van der Waals surface area contributed by atoms with Crippen LogP contribution in [0.3, 0.4) is 0 Å². The lowest BCUT2D eigenvalue weighted by Gasteiger charge is -2.35. The first-order valence-electron chi connectivity index (χ1n) is 5.65. The number of carboxylic acid groups (broad SMARTS) is 1. The van der Waals surface area contributed by atoms with Crippen LogP contribution >= 0.6 is 0 Å². The van der Waals surface area contributed by atoms with Gasteiger partial charge >= 0.3 is 5.97 Å². The molecule has 1 aliphatic heterocycles. The van der Waals surface area contributed by atoms with Crippen molar-refractivity contribution < 1.29 is 19.4 Å². The minimum Gasteiger partial charge on any atom is -0.485 e. The van der Waals surface area contributed by atoms with Crippen molar-refractivity contribution in [3.8, 4) is 11.5 Å². The molecule has 1 aromatic rings. The number of fused-ring (bicyclic) bond motifs is 1. The average molecular weight is 236 g/mol. The molecule has 17 heavy (non-hydrogen) atoms. The lowest BCUT2D eigenvalue weighted by molar-refractivity contribution is -0.161. The second-order valence-corrected chi connectivity index (χ2v) is 4.40. The molecule has 0 fully saturated rings. The van der Waals surface area contributed by atoms with Crippen LogP contribution in [-0.2, 0) is 4.79 Å².